The van der Waals surface area contributed by atoms with Gasteiger partial charge < -0.3 is 19.9 Å². The minimum Gasteiger partial charge on any atom is -0.368 e. The molecular formula is C20H29F2IN4O2. The molecule has 1 unspecified atom stereocenters. The van der Waals surface area contributed by atoms with Gasteiger partial charge in [0.1, 0.15) is 17.7 Å². The van der Waals surface area contributed by atoms with Gasteiger partial charge in [0.2, 0.25) is 0 Å². The van der Waals surface area contributed by atoms with Gasteiger partial charge in [-0.3, -0.25) is 9.79 Å². The Hall–Kier alpha value is -1.49. The molecule has 0 aliphatic carbocycles. The number of hydrogen-bond donors (Lipinski definition) is 1. The SMILES string of the molecule is CCNC(=NCCc1c(F)cccc1F)N1CCN(C(=O)C2CCCO2)CC1.I. The van der Waals surface area contributed by atoms with Crippen LogP contribution < -0.4 is 5.32 Å². The summed E-state index contributed by atoms with van der Waals surface area (Å²) < 4.78 is 33.0. The van der Waals surface area contributed by atoms with E-state index in [2.05, 4.69) is 15.2 Å². The number of nitrogens with zero attached hydrogens (tertiary/aromatic N) is 3. The second kappa shape index (κ2) is 11.6. The molecule has 3 rings (SSSR count). The molecular weight excluding hydrogens is 493 g/mol. The molecule has 9 heteroatoms. The van der Waals surface area contributed by atoms with E-state index < -0.39 is 11.6 Å². The molecule has 162 valence electrons. The minimum atomic E-state index is -0.540. The Bertz CT molecular complexity index is 685. The van der Waals surface area contributed by atoms with E-state index in [1.54, 1.807) is 0 Å². The number of benzene rings is 1. The lowest BCUT2D eigenvalue weighted by atomic mass is 10.1. The average Bonchev–Trinajstić information content (AvgIpc) is 3.24. The van der Waals surface area contributed by atoms with Crippen LogP contribution in [0.4, 0.5) is 8.78 Å². The Kier molecular flexibility index (Phi) is 9.54. The molecule has 0 aromatic heterocycles. The Morgan fingerprint density at radius 2 is 1.86 bits per heavy atom. The smallest absolute Gasteiger partial charge is 0.251 e. The first kappa shape index (κ1) is 23.8. The van der Waals surface area contributed by atoms with Crippen LogP contribution in [0.15, 0.2) is 23.2 Å². The number of aliphatic imine (C=N–C) groups is 1. The summed E-state index contributed by atoms with van der Waals surface area (Å²) in [6, 6.07) is 3.88. The summed E-state index contributed by atoms with van der Waals surface area (Å²) in [6.07, 6.45) is 1.65. The first-order valence-corrected chi connectivity index (χ1v) is 9.96. The highest BCUT2D eigenvalue weighted by molar-refractivity contribution is 14.0. The van der Waals surface area contributed by atoms with Gasteiger partial charge in [-0.15, -0.1) is 24.0 Å². The third kappa shape index (κ3) is 6.24. The monoisotopic (exact) mass is 522 g/mol. The first-order chi connectivity index (χ1) is 13.6. The number of hydrogen-bond acceptors (Lipinski definition) is 3. The van der Waals surface area contributed by atoms with Crippen molar-refractivity contribution in [2.75, 3.05) is 45.9 Å². The fourth-order valence-corrected chi connectivity index (χ4v) is 3.59. The van der Waals surface area contributed by atoms with Crippen LogP contribution in [0.2, 0.25) is 0 Å². The minimum absolute atomic E-state index is 0. The van der Waals surface area contributed by atoms with Gasteiger partial charge in [-0.2, -0.15) is 0 Å². The molecule has 2 saturated heterocycles. The zero-order chi connectivity index (χ0) is 19.9. The molecule has 0 radical (unpaired) electrons. The molecule has 2 aliphatic rings. The van der Waals surface area contributed by atoms with E-state index in [1.165, 1.54) is 18.2 Å². The predicted octanol–water partition coefficient (Wildman–Crippen LogP) is 2.41. The molecule has 6 nitrogen and oxygen atoms in total. The van der Waals surface area contributed by atoms with Crippen LogP contribution in [0.1, 0.15) is 25.3 Å². The van der Waals surface area contributed by atoms with Crippen LogP contribution in [0, 0.1) is 11.6 Å². The fraction of sp³-hybridized carbons (Fsp3) is 0.600. The second-order valence-corrected chi connectivity index (χ2v) is 7.00. The van der Waals surface area contributed by atoms with E-state index in [0.717, 1.165) is 12.8 Å². The van der Waals surface area contributed by atoms with Crippen molar-refractivity contribution in [2.45, 2.75) is 32.3 Å². The topological polar surface area (TPSA) is 57.2 Å². The van der Waals surface area contributed by atoms with Gasteiger partial charge in [-0.25, -0.2) is 8.78 Å². The molecule has 2 aliphatic heterocycles. The van der Waals surface area contributed by atoms with Crippen molar-refractivity contribution >= 4 is 35.8 Å². The number of amides is 1. The fourth-order valence-electron chi connectivity index (χ4n) is 3.59. The van der Waals surface area contributed by atoms with Crippen molar-refractivity contribution < 1.29 is 18.3 Å². The molecule has 1 amide bonds. The normalized spacial score (nSPS) is 19.8. The summed E-state index contributed by atoms with van der Waals surface area (Å²) in [5.41, 5.74) is 0.0640. The lowest BCUT2D eigenvalue weighted by Crippen LogP contribution is -2.55. The number of nitrogens with one attached hydrogen (secondary N) is 1. The van der Waals surface area contributed by atoms with E-state index >= 15 is 0 Å². The number of ether oxygens (including phenoxy) is 1. The lowest BCUT2D eigenvalue weighted by molar-refractivity contribution is -0.142. The maximum atomic E-state index is 13.8. The standard InChI is InChI=1S/C20H28F2N4O2.HI/c1-2-23-20(24-9-8-15-16(21)5-3-6-17(15)22)26-12-10-25(11-13-26)19(27)18-7-4-14-28-18;/h3,5-6,18H,2,4,7-14H2,1H3,(H,23,24);1H. The van der Waals surface area contributed by atoms with Gasteiger partial charge in [-0.1, -0.05) is 6.07 Å². The largest absolute Gasteiger partial charge is 0.368 e. The van der Waals surface area contributed by atoms with Crippen molar-refractivity contribution in [1.29, 1.82) is 0 Å². The molecule has 1 N–H and O–H groups in total. The maximum Gasteiger partial charge on any atom is 0.251 e. The van der Waals surface area contributed by atoms with E-state index in [-0.39, 0.29) is 54.5 Å². The summed E-state index contributed by atoms with van der Waals surface area (Å²) in [5.74, 6) is -0.291. The van der Waals surface area contributed by atoms with Crippen molar-refractivity contribution in [2.24, 2.45) is 4.99 Å². The zero-order valence-corrected chi connectivity index (χ0v) is 19.0. The van der Waals surface area contributed by atoms with Crippen LogP contribution in [0.5, 0.6) is 0 Å². The van der Waals surface area contributed by atoms with Gasteiger partial charge in [-0.05, 0) is 38.3 Å². The van der Waals surface area contributed by atoms with Gasteiger partial charge in [0.25, 0.3) is 5.91 Å². The number of piperazine rings is 1. The first-order valence-electron chi connectivity index (χ1n) is 9.96. The third-order valence-corrected chi connectivity index (χ3v) is 5.12. The number of carbonyl (C=O) groups is 1. The second-order valence-electron chi connectivity index (χ2n) is 7.00. The molecule has 0 saturated carbocycles. The van der Waals surface area contributed by atoms with Crippen LogP contribution in [0.25, 0.3) is 0 Å². The van der Waals surface area contributed by atoms with E-state index in [9.17, 15) is 13.6 Å². The number of halogens is 3. The Morgan fingerprint density at radius 1 is 1.21 bits per heavy atom. The molecule has 1 aromatic rings. The van der Waals surface area contributed by atoms with Crippen molar-refractivity contribution in [1.82, 2.24) is 15.1 Å². The summed E-state index contributed by atoms with van der Waals surface area (Å²) in [6.45, 7) is 6.18. The molecule has 0 bridgehead atoms. The van der Waals surface area contributed by atoms with Gasteiger partial charge in [0.15, 0.2) is 5.96 Å². The highest BCUT2D eigenvalue weighted by Gasteiger charge is 2.30. The molecule has 0 spiro atoms. The van der Waals surface area contributed by atoms with Crippen molar-refractivity contribution in [3.05, 3.63) is 35.4 Å². The number of guanidine groups is 1. The quantitative estimate of drug-likeness (QED) is 0.367. The zero-order valence-electron chi connectivity index (χ0n) is 16.7. The molecule has 1 atom stereocenters. The lowest BCUT2D eigenvalue weighted by Gasteiger charge is -2.37. The van der Waals surface area contributed by atoms with Crippen molar-refractivity contribution in [3.8, 4) is 0 Å². The Labute approximate surface area is 187 Å². The van der Waals surface area contributed by atoms with Crippen LogP contribution in [-0.4, -0.2) is 73.6 Å². The van der Waals surface area contributed by atoms with E-state index in [4.69, 9.17) is 4.74 Å². The van der Waals surface area contributed by atoms with Gasteiger partial charge in [0, 0.05) is 51.4 Å². The van der Waals surface area contributed by atoms with E-state index in [0.29, 0.717) is 45.3 Å². The Balaban J connectivity index is 0.00000300. The highest BCUT2D eigenvalue weighted by Crippen LogP contribution is 2.16. The summed E-state index contributed by atoms with van der Waals surface area (Å²) in [4.78, 5) is 20.9. The highest BCUT2D eigenvalue weighted by atomic mass is 127. The number of rotatable bonds is 5. The summed E-state index contributed by atoms with van der Waals surface area (Å²) >= 11 is 0. The van der Waals surface area contributed by atoms with Crippen molar-refractivity contribution in [3.63, 3.8) is 0 Å². The summed E-state index contributed by atoms with van der Waals surface area (Å²) in [7, 11) is 0. The van der Waals surface area contributed by atoms with Gasteiger partial charge >= 0.3 is 0 Å². The predicted molar refractivity (Wildman–Crippen MR) is 119 cm³/mol. The molecule has 29 heavy (non-hydrogen) atoms. The Morgan fingerprint density at radius 3 is 2.45 bits per heavy atom. The maximum absolute atomic E-state index is 13.8. The summed E-state index contributed by atoms with van der Waals surface area (Å²) in [5, 5.41) is 3.23. The molecule has 2 fully saturated rings. The van der Waals surface area contributed by atoms with Crippen LogP contribution >= 0.6 is 24.0 Å². The molecule has 1 aromatic carbocycles. The van der Waals surface area contributed by atoms with Crippen LogP contribution in [-0.2, 0) is 16.0 Å². The number of carbonyl (C=O) groups excluding carboxylic acids is 1. The van der Waals surface area contributed by atoms with Gasteiger partial charge in [0.05, 0.1) is 0 Å². The van der Waals surface area contributed by atoms with E-state index in [1.807, 2.05) is 11.8 Å². The average molecular weight is 522 g/mol. The van der Waals surface area contributed by atoms with Crippen LogP contribution in [0.3, 0.4) is 0 Å². The molecule has 2 heterocycles. The third-order valence-electron chi connectivity index (χ3n) is 5.12.